The first kappa shape index (κ1) is 9.54. The fourth-order valence-electron chi connectivity index (χ4n) is 1.14. The Hall–Kier alpha value is -1.55. The van der Waals surface area contributed by atoms with Gasteiger partial charge in [-0.25, -0.2) is 4.98 Å². The molecule has 0 bridgehead atoms. The molecule has 66 valence electrons. The highest BCUT2D eigenvalue weighted by Gasteiger charge is 1.93. The average Bonchev–Trinajstić information content (AvgIpc) is 2.22. The van der Waals surface area contributed by atoms with Gasteiger partial charge in [0.25, 0.3) is 0 Å². The fourth-order valence-corrected chi connectivity index (χ4v) is 1.14. The van der Waals surface area contributed by atoms with Crippen LogP contribution < -0.4 is 0 Å². The summed E-state index contributed by atoms with van der Waals surface area (Å²) in [4.78, 5) is 4.19. The molecule has 0 N–H and O–H groups in total. The van der Waals surface area contributed by atoms with Crippen LogP contribution in [-0.2, 0) is 0 Å². The quantitative estimate of drug-likeness (QED) is 0.593. The minimum absolute atomic E-state index is 1.02. The van der Waals surface area contributed by atoms with E-state index < -0.39 is 0 Å². The van der Waals surface area contributed by atoms with Crippen molar-refractivity contribution >= 4 is 10.9 Å². The van der Waals surface area contributed by atoms with Gasteiger partial charge >= 0.3 is 0 Å². The summed E-state index contributed by atoms with van der Waals surface area (Å²) in [5, 5.41) is 1.03. The van der Waals surface area contributed by atoms with E-state index in [2.05, 4.69) is 17.1 Å². The highest BCUT2D eigenvalue weighted by molar-refractivity contribution is 5.79. The van der Waals surface area contributed by atoms with Crippen molar-refractivity contribution < 1.29 is 0 Å². The zero-order chi connectivity index (χ0) is 9.68. The summed E-state index contributed by atoms with van der Waals surface area (Å²) < 4.78 is 0. The lowest BCUT2D eigenvalue weighted by Gasteiger charge is -1.94. The normalized spacial score (nSPS) is 8.54. The van der Waals surface area contributed by atoms with E-state index in [9.17, 15) is 0 Å². The van der Waals surface area contributed by atoms with Crippen LogP contribution in [0.4, 0.5) is 0 Å². The number of aromatic nitrogens is 1. The minimum atomic E-state index is 1.02. The molecule has 13 heavy (non-hydrogen) atoms. The lowest BCUT2D eigenvalue weighted by Crippen LogP contribution is -1.78. The van der Waals surface area contributed by atoms with Crippen LogP contribution in [0.25, 0.3) is 10.9 Å². The smallest absolute Gasteiger partial charge is 0.0823 e. The Kier molecular flexibility index (Phi) is 3.28. The molecule has 0 aliphatic rings. The highest BCUT2D eigenvalue weighted by Crippen LogP contribution is 2.11. The second-order valence-corrected chi connectivity index (χ2v) is 2.50. The molecule has 0 fully saturated rings. The van der Waals surface area contributed by atoms with Crippen molar-refractivity contribution in [1.29, 1.82) is 0 Å². The number of fused-ring (bicyclic) bond motifs is 1. The van der Waals surface area contributed by atoms with E-state index in [-0.39, 0.29) is 0 Å². The van der Waals surface area contributed by atoms with E-state index in [0.717, 1.165) is 10.9 Å². The minimum Gasteiger partial charge on any atom is -0.246 e. The van der Waals surface area contributed by atoms with E-state index in [4.69, 9.17) is 0 Å². The van der Waals surface area contributed by atoms with Crippen molar-refractivity contribution in [2.24, 2.45) is 0 Å². The topological polar surface area (TPSA) is 12.9 Å². The number of aryl methyl sites for hydroxylation is 1. The van der Waals surface area contributed by atoms with Crippen LogP contribution in [0, 0.1) is 19.1 Å². The predicted octanol–water partition coefficient (Wildman–Crippen LogP) is 3.17. The van der Waals surface area contributed by atoms with E-state index in [1.165, 1.54) is 5.56 Å². The van der Waals surface area contributed by atoms with Gasteiger partial charge in [-0.05, 0) is 24.6 Å². The molecule has 0 amide bonds. The van der Waals surface area contributed by atoms with Gasteiger partial charge in [0.05, 0.1) is 17.1 Å². The standard InChI is InChI=1S/C10H7N.C2H6/c1-8-4-2-5-9-6-3-7-11-10(8)9;1-2/h2,4-5,7H,1H3;1-2H3. The Balaban J connectivity index is 0.000000396. The van der Waals surface area contributed by atoms with E-state index in [1.807, 2.05) is 39.0 Å². The Morgan fingerprint density at radius 2 is 2.00 bits per heavy atom. The van der Waals surface area contributed by atoms with Gasteiger partial charge < -0.3 is 0 Å². The molecule has 0 saturated heterocycles. The van der Waals surface area contributed by atoms with Crippen molar-refractivity contribution in [3.05, 3.63) is 42.1 Å². The SMILES string of the molecule is CC.Cc1cccc2c#ccnc12. The molecular weight excluding hydrogens is 158 g/mol. The molecule has 0 radical (unpaired) electrons. The second kappa shape index (κ2) is 4.47. The maximum Gasteiger partial charge on any atom is 0.0823 e. The van der Waals surface area contributed by atoms with Gasteiger partial charge in [0.1, 0.15) is 0 Å². The lowest BCUT2D eigenvalue weighted by atomic mass is 10.1. The van der Waals surface area contributed by atoms with Gasteiger partial charge in [-0.1, -0.05) is 32.0 Å². The number of hydrogen-bond acceptors (Lipinski definition) is 1. The second-order valence-electron chi connectivity index (χ2n) is 2.50. The van der Waals surface area contributed by atoms with Crippen LogP contribution in [0.3, 0.4) is 0 Å². The summed E-state index contributed by atoms with van der Waals surface area (Å²) in [7, 11) is 0. The molecule has 1 heteroatoms. The van der Waals surface area contributed by atoms with Crippen LogP contribution in [0.15, 0.2) is 24.4 Å². The van der Waals surface area contributed by atoms with Gasteiger partial charge in [-0.15, -0.1) is 0 Å². The van der Waals surface area contributed by atoms with Crippen molar-refractivity contribution in [3.8, 4) is 0 Å². The number of nitrogens with zero attached hydrogens (tertiary/aromatic N) is 1. The summed E-state index contributed by atoms with van der Waals surface area (Å²) in [6, 6.07) is 11.9. The zero-order valence-corrected chi connectivity index (χ0v) is 8.26. The van der Waals surface area contributed by atoms with E-state index in [0.29, 0.717) is 0 Å². The van der Waals surface area contributed by atoms with Gasteiger partial charge in [-0.3, -0.25) is 0 Å². The lowest BCUT2D eigenvalue weighted by molar-refractivity contribution is 1.37. The van der Waals surface area contributed by atoms with E-state index >= 15 is 0 Å². The Morgan fingerprint density at radius 3 is 2.69 bits per heavy atom. The van der Waals surface area contributed by atoms with Crippen LogP contribution in [-0.4, -0.2) is 4.98 Å². The summed E-state index contributed by atoms with van der Waals surface area (Å²) in [6.07, 6.45) is 1.65. The van der Waals surface area contributed by atoms with Gasteiger partial charge in [-0.2, -0.15) is 0 Å². The molecule has 0 aliphatic heterocycles. The third kappa shape index (κ3) is 1.97. The molecule has 2 aromatic rings. The summed E-state index contributed by atoms with van der Waals surface area (Å²) >= 11 is 0. The molecule has 0 atom stereocenters. The molecule has 1 aromatic carbocycles. The molecule has 0 unspecified atom stereocenters. The van der Waals surface area contributed by atoms with Gasteiger partial charge in [0.2, 0.25) is 0 Å². The third-order valence-electron chi connectivity index (χ3n) is 1.70. The van der Waals surface area contributed by atoms with Crippen LogP contribution >= 0.6 is 0 Å². The van der Waals surface area contributed by atoms with Gasteiger partial charge in [0.15, 0.2) is 0 Å². The largest absolute Gasteiger partial charge is 0.246 e. The highest BCUT2D eigenvalue weighted by atomic mass is 14.6. The van der Waals surface area contributed by atoms with Crippen LogP contribution in [0.1, 0.15) is 19.4 Å². The first-order chi connectivity index (χ1) is 6.38. The number of para-hydroxylation sites is 1. The van der Waals surface area contributed by atoms with Crippen molar-refractivity contribution in [2.45, 2.75) is 20.8 Å². The zero-order valence-electron chi connectivity index (χ0n) is 8.26. The van der Waals surface area contributed by atoms with Crippen molar-refractivity contribution in [3.63, 3.8) is 0 Å². The molecule has 0 spiro atoms. The maximum absolute atomic E-state index is 4.19. The molecule has 1 heterocycles. The molecule has 0 saturated carbocycles. The number of rotatable bonds is 0. The van der Waals surface area contributed by atoms with E-state index in [1.54, 1.807) is 6.20 Å². The maximum atomic E-state index is 4.19. The number of benzene rings is 1. The average molecular weight is 171 g/mol. The first-order valence-electron chi connectivity index (χ1n) is 4.51. The molecule has 2 rings (SSSR count). The summed E-state index contributed by atoms with van der Waals surface area (Å²) in [5.41, 5.74) is 2.21. The monoisotopic (exact) mass is 171 g/mol. The Bertz CT molecular complexity index is 374. The number of hydrogen-bond donors (Lipinski definition) is 0. The van der Waals surface area contributed by atoms with Crippen LogP contribution in [0.2, 0.25) is 0 Å². The molecular formula is C12H13N. The predicted molar refractivity (Wildman–Crippen MR) is 55.5 cm³/mol. The van der Waals surface area contributed by atoms with Gasteiger partial charge in [0, 0.05) is 0 Å². The molecule has 0 aliphatic carbocycles. The van der Waals surface area contributed by atoms with Crippen molar-refractivity contribution in [2.75, 3.05) is 0 Å². The molecule has 1 aromatic heterocycles. The summed E-state index contributed by atoms with van der Waals surface area (Å²) in [5.74, 6) is 0. The summed E-state index contributed by atoms with van der Waals surface area (Å²) in [6.45, 7) is 6.04. The molecule has 1 nitrogen and oxygen atoms in total. The Morgan fingerprint density at radius 1 is 1.23 bits per heavy atom. The third-order valence-corrected chi connectivity index (χ3v) is 1.70. The van der Waals surface area contributed by atoms with Crippen molar-refractivity contribution in [1.82, 2.24) is 4.98 Å². The van der Waals surface area contributed by atoms with Crippen LogP contribution in [0.5, 0.6) is 0 Å². The Labute approximate surface area is 79.4 Å². The fraction of sp³-hybridized carbons (Fsp3) is 0.250. The first-order valence-corrected chi connectivity index (χ1v) is 4.51.